The van der Waals surface area contributed by atoms with Gasteiger partial charge in [-0.3, -0.25) is 16.0 Å². The van der Waals surface area contributed by atoms with E-state index < -0.39 is 0 Å². The molecule has 2 aromatic rings. The highest BCUT2D eigenvalue weighted by atomic mass is 32.2. The normalized spacial score (nSPS) is 12.6. The maximum Gasteiger partial charge on any atom is 0.136 e. The molecule has 1 atom stereocenters. The Morgan fingerprint density at radius 2 is 2.25 bits per heavy atom. The van der Waals surface area contributed by atoms with Crippen molar-refractivity contribution in [3.63, 3.8) is 0 Å². The summed E-state index contributed by atoms with van der Waals surface area (Å²) in [6, 6.07) is 6.70. The number of hydrogen-bond acceptors (Lipinski definition) is 4. The molecule has 6 heteroatoms. The van der Waals surface area contributed by atoms with E-state index in [-0.39, 0.29) is 11.9 Å². The lowest BCUT2D eigenvalue weighted by atomic mass is 10.2. The summed E-state index contributed by atoms with van der Waals surface area (Å²) >= 11 is 1.44. The molecule has 1 aromatic heterocycles. The van der Waals surface area contributed by atoms with E-state index in [1.54, 1.807) is 12.1 Å². The molecule has 108 valence electrons. The zero-order valence-electron chi connectivity index (χ0n) is 11.4. The van der Waals surface area contributed by atoms with Crippen LogP contribution in [0.25, 0.3) is 0 Å². The first kappa shape index (κ1) is 15.0. The fourth-order valence-corrected chi connectivity index (χ4v) is 2.90. The Balaban J connectivity index is 1.99. The van der Waals surface area contributed by atoms with E-state index in [0.717, 1.165) is 18.5 Å². The molecule has 1 aromatic carbocycles. The van der Waals surface area contributed by atoms with Gasteiger partial charge >= 0.3 is 0 Å². The molecule has 0 aliphatic heterocycles. The second-order valence-corrected chi connectivity index (χ2v) is 5.56. The Morgan fingerprint density at radius 1 is 1.45 bits per heavy atom. The molecule has 2 rings (SSSR count). The number of aromatic nitrogens is 2. The van der Waals surface area contributed by atoms with E-state index >= 15 is 0 Å². The maximum absolute atomic E-state index is 13.6. The number of nitrogens with zero attached hydrogens (tertiary/aromatic N) is 2. The van der Waals surface area contributed by atoms with Crippen LogP contribution in [0.5, 0.6) is 0 Å². The molecule has 20 heavy (non-hydrogen) atoms. The molecule has 1 heterocycles. The molecule has 1 unspecified atom stereocenters. The molecular weight excluding hydrogens is 275 g/mol. The quantitative estimate of drug-likeness (QED) is 0.468. The third kappa shape index (κ3) is 3.82. The molecule has 0 aliphatic rings. The first-order valence-corrected chi connectivity index (χ1v) is 7.59. The van der Waals surface area contributed by atoms with Gasteiger partial charge in [0.25, 0.3) is 0 Å². The molecule has 0 fully saturated rings. The van der Waals surface area contributed by atoms with Gasteiger partial charge in [-0.25, -0.2) is 4.39 Å². The summed E-state index contributed by atoms with van der Waals surface area (Å²) in [5.41, 5.74) is 3.79. The number of halogens is 1. The lowest BCUT2D eigenvalue weighted by Crippen LogP contribution is -2.29. The van der Waals surface area contributed by atoms with Gasteiger partial charge in [-0.1, -0.05) is 19.1 Å². The Bertz CT molecular complexity index is 543. The van der Waals surface area contributed by atoms with E-state index in [1.807, 2.05) is 23.1 Å². The summed E-state index contributed by atoms with van der Waals surface area (Å²) in [5, 5.41) is 4.29. The summed E-state index contributed by atoms with van der Waals surface area (Å²) in [5.74, 6) is 6.05. The van der Waals surface area contributed by atoms with Crippen LogP contribution in [0.15, 0.2) is 41.6 Å². The average Bonchev–Trinajstić information content (AvgIpc) is 2.90. The van der Waals surface area contributed by atoms with Crippen molar-refractivity contribution < 1.29 is 4.39 Å². The van der Waals surface area contributed by atoms with Crippen molar-refractivity contribution in [2.24, 2.45) is 5.84 Å². The SMILES string of the molecule is CCCn1cc(C(CSc2ccccc2F)NN)cn1. The summed E-state index contributed by atoms with van der Waals surface area (Å²) in [6.07, 6.45) is 4.82. The number of benzene rings is 1. The predicted molar refractivity (Wildman–Crippen MR) is 79.7 cm³/mol. The topological polar surface area (TPSA) is 55.9 Å². The zero-order valence-corrected chi connectivity index (χ0v) is 12.2. The average molecular weight is 294 g/mol. The fourth-order valence-electron chi connectivity index (χ4n) is 1.89. The van der Waals surface area contributed by atoms with Crippen LogP contribution in [0, 0.1) is 5.82 Å². The van der Waals surface area contributed by atoms with E-state index in [1.165, 1.54) is 17.8 Å². The summed E-state index contributed by atoms with van der Waals surface area (Å²) in [7, 11) is 0. The number of nitrogens with two attached hydrogens (primary N) is 1. The first-order chi connectivity index (χ1) is 9.74. The van der Waals surface area contributed by atoms with Crippen LogP contribution in [0.4, 0.5) is 4.39 Å². The number of thioether (sulfide) groups is 1. The van der Waals surface area contributed by atoms with Gasteiger partial charge in [0.05, 0.1) is 12.2 Å². The zero-order chi connectivity index (χ0) is 14.4. The first-order valence-electron chi connectivity index (χ1n) is 6.60. The molecule has 0 radical (unpaired) electrons. The minimum atomic E-state index is -0.199. The third-order valence-electron chi connectivity index (χ3n) is 2.95. The predicted octanol–water partition coefficient (Wildman–Crippen LogP) is 2.73. The Hall–Kier alpha value is -1.37. The number of hydrogen-bond donors (Lipinski definition) is 2. The summed E-state index contributed by atoms with van der Waals surface area (Å²) in [6.45, 7) is 2.99. The second kappa shape index (κ2) is 7.42. The lowest BCUT2D eigenvalue weighted by molar-refractivity contribution is 0.589. The number of hydrazine groups is 1. The van der Waals surface area contributed by atoms with Crippen LogP contribution in [-0.2, 0) is 6.54 Å². The molecule has 4 nitrogen and oxygen atoms in total. The van der Waals surface area contributed by atoms with Gasteiger partial charge < -0.3 is 0 Å². The van der Waals surface area contributed by atoms with E-state index in [2.05, 4.69) is 17.4 Å². The largest absolute Gasteiger partial charge is 0.272 e. The lowest BCUT2D eigenvalue weighted by Gasteiger charge is -2.13. The van der Waals surface area contributed by atoms with E-state index in [9.17, 15) is 4.39 Å². The van der Waals surface area contributed by atoms with Gasteiger partial charge in [-0.2, -0.15) is 5.10 Å². The Kier molecular flexibility index (Phi) is 5.58. The van der Waals surface area contributed by atoms with Gasteiger partial charge in [-0.05, 0) is 18.6 Å². The maximum atomic E-state index is 13.6. The highest BCUT2D eigenvalue weighted by Crippen LogP contribution is 2.26. The van der Waals surface area contributed by atoms with Gasteiger partial charge in [0.1, 0.15) is 5.82 Å². The van der Waals surface area contributed by atoms with E-state index in [4.69, 9.17) is 5.84 Å². The molecule has 0 aliphatic carbocycles. The highest BCUT2D eigenvalue weighted by molar-refractivity contribution is 7.99. The van der Waals surface area contributed by atoms with Crippen LogP contribution >= 0.6 is 11.8 Å². The Labute approximate surface area is 122 Å². The van der Waals surface area contributed by atoms with Crippen molar-refractivity contribution in [1.29, 1.82) is 0 Å². The van der Waals surface area contributed by atoms with Crippen LogP contribution in [0.1, 0.15) is 24.9 Å². The monoisotopic (exact) mass is 294 g/mol. The van der Waals surface area contributed by atoms with E-state index in [0.29, 0.717) is 10.6 Å². The van der Waals surface area contributed by atoms with Crippen molar-refractivity contribution in [2.75, 3.05) is 5.75 Å². The second-order valence-electron chi connectivity index (χ2n) is 4.50. The molecule has 0 saturated carbocycles. The van der Waals surface area contributed by atoms with Crippen molar-refractivity contribution in [3.05, 3.63) is 48.0 Å². The number of rotatable bonds is 7. The van der Waals surface area contributed by atoms with Crippen molar-refractivity contribution in [2.45, 2.75) is 30.8 Å². The molecule has 0 bridgehead atoms. The highest BCUT2D eigenvalue weighted by Gasteiger charge is 2.13. The minimum Gasteiger partial charge on any atom is -0.272 e. The summed E-state index contributed by atoms with van der Waals surface area (Å²) < 4.78 is 15.5. The van der Waals surface area contributed by atoms with Gasteiger partial charge in [0.15, 0.2) is 0 Å². The van der Waals surface area contributed by atoms with Crippen molar-refractivity contribution >= 4 is 11.8 Å². The van der Waals surface area contributed by atoms with Crippen molar-refractivity contribution in [1.82, 2.24) is 15.2 Å². The number of aryl methyl sites for hydroxylation is 1. The molecule has 0 amide bonds. The van der Waals surface area contributed by atoms with Gasteiger partial charge in [-0.15, -0.1) is 11.8 Å². The standard InChI is InChI=1S/C14H19FN4S/c1-2-7-19-9-11(8-17-19)13(18-16)10-20-14-6-4-3-5-12(14)15/h3-6,8-9,13,18H,2,7,10,16H2,1H3. The third-order valence-corrected chi connectivity index (χ3v) is 4.09. The molecule has 0 saturated heterocycles. The molecule has 3 N–H and O–H groups in total. The number of nitrogens with one attached hydrogen (secondary N) is 1. The van der Waals surface area contributed by atoms with Crippen LogP contribution in [0.2, 0.25) is 0 Å². The van der Waals surface area contributed by atoms with Crippen LogP contribution in [0.3, 0.4) is 0 Å². The Morgan fingerprint density at radius 3 is 2.95 bits per heavy atom. The van der Waals surface area contributed by atoms with Crippen LogP contribution in [-0.4, -0.2) is 15.5 Å². The minimum absolute atomic E-state index is 0.0507. The van der Waals surface area contributed by atoms with Crippen LogP contribution < -0.4 is 11.3 Å². The van der Waals surface area contributed by atoms with Crippen molar-refractivity contribution in [3.8, 4) is 0 Å². The summed E-state index contributed by atoms with van der Waals surface area (Å²) in [4.78, 5) is 0.633. The van der Waals surface area contributed by atoms with Gasteiger partial charge in [0.2, 0.25) is 0 Å². The smallest absolute Gasteiger partial charge is 0.136 e. The molecule has 0 spiro atoms. The van der Waals surface area contributed by atoms with Gasteiger partial charge in [0, 0.05) is 29.0 Å². The fraction of sp³-hybridized carbons (Fsp3) is 0.357. The molecular formula is C14H19FN4S.